The zero-order valence-corrected chi connectivity index (χ0v) is 15.2. The lowest BCUT2D eigenvalue weighted by atomic mass is 10.2. The van der Waals surface area contributed by atoms with Crippen LogP contribution in [0.1, 0.15) is 52.3 Å². The fraction of sp³-hybridized carbons (Fsp3) is 0.500. The van der Waals surface area contributed by atoms with Gasteiger partial charge < -0.3 is 14.4 Å². The second-order valence-electron chi connectivity index (χ2n) is 4.30. The summed E-state index contributed by atoms with van der Waals surface area (Å²) in [6.45, 7) is 8.03. The Morgan fingerprint density at radius 3 is 2.62 bits per heavy atom. The van der Waals surface area contributed by atoms with Crippen molar-refractivity contribution in [3.8, 4) is 0 Å². The molecule has 2 rings (SSSR count). The number of esters is 1. The van der Waals surface area contributed by atoms with Crippen LogP contribution in [-0.2, 0) is 16.0 Å². The van der Waals surface area contributed by atoms with Crippen LogP contribution in [0.15, 0.2) is 34.4 Å². The molecule has 6 heteroatoms. The van der Waals surface area contributed by atoms with Gasteiger partial charge in [-0.05, 0) is 12.0 Å². The predicted octanol–water partition coefficient (Wildman–Crippen LogP) is 3.49. The van der Waals surface area contributed by atoms with Crippen molar-refractivity contribution in [2.75, 3.05) is 13.7 Å². The summed E-state index contributed by atoms with van der Waals surface area (Å²) in [7, 11) is 1.34. The average molecular weight is 336 g/mol. The standard InChI is InChI=1S/C14H16N2O4.2C2H6/c1-19-13(18)8-7-12-15-14(16-20-12)11-4-2-3-10(9-17)5-6-11;2*1-2/h2,4-6,17H,3,7-9H2,1H3;2*1-2H3. The van der Waals surface area contributed by atoms with Gasteiger partial charge in [0.1, 0.15) is 0 Å². The number of methoxy groups -OCH3 is 1. The van der Waals surface area contributed by atoms with Gasteiger partial charge in [-0.25, -0.2) is 0 Å². The zero-order valence-electron chi connectivity index (χ0n) is 15.2. The second kappa shape index (κ2) is 13.2. The van der Waals surface area contributed by atoms with E-state index >= 15 is 0 Å². The minimum atomic E-state index is -0.311. The molecule has 1 aromatic heterocycles. The fourth-order valence-corrected chi connectivity index (χ4v) is 1.72. The molecule has 0 fully saturated rings. The van der Waals surface area contributed by atoms with E-state index in [2.05, 4.69) is 14.9 Å². The van der Waals surface area contributed by atoms with Crippen LogP contribution in [0.4, 0.5) is 0 Å². The van der Waals surface area contributed by atoms with Gasteiger partial charge in [-0.3, -0.25) is 4.79 Å². The highest BCUT2D eigenvalue weighted by Gasteiger charge is 2.11. The van der Waals surface area contributed by atoms with Crippen molar-refractivity contribution in [2.24, 2.45) is 0 Å². The van der Waals surface area contributed by atoms with Crippen molar-refractivity contribution in [3.63, 3.8) is 0 Å². The Morgan fingerprint density at radius 1 is 1.29 bits per heavy atom. The van der Waals surface area contributed by atoms with Crippen LogP contribution in [-0.4, -0.2) is 34.9 Å². The molecule has 0 radical (unpaired) electrons. The van der Waals surface area contributed by atoms with E-state index in [1.54, 1.807) is 0 Å². The highest BCUT2D eigenvalue weighted by atomic mass is 16.5. The average Bonchev–Trinajstić information content (AvgIpc) is 2.99. The normalized spacial score (nSPS) is 12.6. The van der Waals surface area contributed by atoms with Crippen LogP contribution in [0, 0.1) is 0 Å². The molecule has 24 heavy (non-hydrogen) atoms. The van der Waals surface area contributed by atoms with Gasteiger partial charge >= 0.3 is 5.97 Å². The number of carbonyl (C=O) groups excluding carboxylic acids is 1. The molecular formula is C18H28N2O4. The first-order chi connectivity index (χ1) is 11.7. The molecule has 0 bridgehead atoms. The monoisotopic (exact) mass is 336 g/mol. The van der Waals surface area contributed by atoms with Crippen LogP contribution in [0.5, 0.6) is 0 Å². The van der Waals surface area contributed by atoms with E-state index in [1.807, 2.05) is 52.0 Å². The molecule has 0 amide bonds. The van der Waals surface area contributed by atoms with Gasteiger partial charge in [-0.2, -0.15) is 4.98 Å². The summed E-state index contributed by atoms with van der Waals surface area (Å²) in [5.74, 6) is 0.556. The van der Waals surface area contributed by atoms with Crippen LogP contribution in [0.3, 0.4) is 0 Å². The van der Waals surface area contributed by atoms with Crippen LogP contribution < -0.4 is 0 Å². The van der Waals surface area contributed by atoms with E-state index < -0.39 is 0 Å². The Morgan fingerprint density at radius 2 is 2.00 bits per heavy atom. The molecule has 0 saturated carbocycles. The second-order valence-corrected chi connectivity index (χ2v) is 4.30. The van der Waals surface area contributed by atoms with Gasteiger partial charge in [0, 0.05) is 12.0 Å². The molecular weight excluding hydrogens is 308 g/mol. The number of aliphatic hydroxyl groups excluding tert-OH is 1. The first-order valence-electron chi connectivity index (χ1n) is 8.30. The summed E-state index contributed by atoms with van der Waals surface area (Å²) >= 11 is 0. The third-order valence-electron chi connectivity index (χ3n) is 2.88. The molecule has 6 nitrogen and oxygen atoms in total. The lowest BCUT2D eigenvalue weighted by Gasteiger charge is -1.94. The van der Waals surface area contributed by atoms with Crippen molar-refractivity contribution < 1.29 is 19.2 Å². The van der Waals surface area contributed by atoms with Gasteiger partial charge in [0.2, 0.25) is 11.7 Å². The third-order valence-corrected chi connectivity index (χ3v) is 2.88. The van der Waals surface area contributed by atoms with Crippen molar-refractivity contribution in [1.29, 1.82) is 0 Å². The largest absolute Gasteiger partial charge is 0.469 e. The molecule has 1 aliphatic carbocycles. The lowest BCUT2D eigenvalue weighted by molar-refractivity contribution is -0.140. The summed E-state index contributed by atoms with van der Waals surface area (Å²) in [6.07, 6.45) is 8.77. The molecule has 0 atom stereocenters. The van der Waals surface area contributed by atoms with Crippen molar-refractivity contribution >= 4 is 11.5 Å². The Balaban J connectivity index is 0.00000123. The Bertz CT molecular complexity index is 571. The van der Waals surface area contributed by atoms with Crippen molar-refractivity contribution in [1.82, 2.24) is 10.1 Å². The number of hydrogen-bond acceptors (Lipinski definition) is 6. The van der Waals surface area contributed by atoms with E-state index in [1.165, 1.54) is 7.11 Å². The molecule has 1 heterocycles. The molecule has 0 aromatic carbocycles. The topological polar surface area (TPSA) is 85.5 Å². The number of nitrogens with zero attached hydrogens (tertiary/aromatic N) is 2. The summed E-state index contributed by atoms with van der Waals surface area (Å²) in [5, 5.41) is 13.0. The van der Waals surface area contributed by atoms with E-state index in [4.69, 9.17) is 9.63 Å². The number of rotatable bonds is 5. The van der Waals surface area contributed by atoms with E-state index in [0.29, 0.717) is 24.6 Å². The van der Waals surface area contributed by atoms with Crippen molar-refractivity contribution in [3.05, 3.63) is 41.6 Å². The van der Waals surface area contributed by atoms with E-state index in [9.17, 15) is 4.79 Å². The highest BCUT2D eigenvalue weighted by Crippen LogP contribution is 2.18. The van der Waals surface area contributed by atoms with Gasteiger partial charge in [-0.15, -0.1) is 0 Å². The molecule has 1 aliphatic rings. The summed E-state index contributed by atoms with van der Waals surface area (Å²) in [6, 6.07) is 0. The molecule has 0 unspecified atom stereocenters. The quantitative estimate of drug-likeness (QED) is 0.828. The maximum absolute atomic E-state index is 11.0. The minimum absolute atomic E-state index is 0.0325. The van der Waals surface area contributed by atoms with Gasteiger partial charge in [-0.1, -0.05) is 57.2 Å². The summed E-state index contributed by atoms with van der Waals surface area (Å²) in [4.78, 5) is 15.3. The minimum Gasteiger partial charge on any atom is -0.469 e. The highest BCUT2D eigenvalue weighted by molar-refractivity contribution is 5.71. The SMILES string of the molecule is CC.CC.COC(=O)CCc1nc(C2=CC=C(CO)CC=C2)no1. The van der Waals surface area contributed by atoms with Crippen LogP contribution >= 0.6 is 0 Å². The maximum atomic E-state index is 11.0. The number of aryl methyl sites for hydroxylation is 1. The summed E-state index contributed by atoms with van der Waals surface area (Å²) in [5.41, 5.74) is 1.73. The van der Waals surface area contributed by atoms with Gasteiger partial charge in [0.15, 0.2) is 0 Å². The predicted molar refractivity (Wildman–Crippen MR) is 94.2 cm³/mol. The van der Waals surface area contributed by atoms with E-state index in [-0.39, 0.29) is 19.0 Å². The summed E-state index contributed by atoms with van der Waals surface area (Å²) < 4.78 is 9.65. The van der Waals surface area contributed by atoms with Crippen LogP contribution in [0.25, 0.3) is 5.57 Å². The number of hydrogen-bond donors (Lipinski definition) is 1. The maximum Gasteiger partial charge on any atom is 0.306 e. The number of aliphatic hydroxyl groups is 1. The molecule has 1 aromatic rings. The molecule has 0 spiro atoms. The zero-order chi connectivity index (χ0) is 18.4. The smallest absolute Gasteiger partial charge is 0.306 e. The van der Waals surface area contributed by atoms with Gasteiger partial charge in [0.25, 0.3) is 0 Å². The Labute approximate surface area is 143 Å². The first-order valence-corrected chi connectivity index (χ1v) is 8.30. The number of allylic oxidation sites excluding steroid dienone is 5. The molecule has 0 saturated heterocycles. The molecule has 1 N–H and O–H groups in total. The van der Waals surface area contributed by atoms with Crippen molar-refractivity contribution in [2.45, 2.75) is 47.0 Å². The lowest BCUT2D eigenvalue weighted by Crippen LogP contribution is -2.02. The Kier molecular flexibility index (Phi) is 12.0. The number of carbonyl (C=O) groups is 1. The fourth-order valence-electron chi connectivity index (χ4n) is 1.72. The Hall–Kier alpha value is -2.21. The first kappa shape index (κ1) is 21.8. The van der Waals surface area contributed by atoms with Gasteiger partial charge in [0.05, 0.1) is 20.1 Å². The number of aromatic nitrogens is 2. The molecule has 134 valence electrons. The third kappa shape index (κ3) is 7.37. The molecule has 0 aliphatic heterocycles. The van der Waals surface area contributed by atoms with Crippen LogP contribution in [0.2, 0.25) is 0 Å². The number of ether oxygens (including phenoxy) is 1. The van der Waals surface area contributed by atoms with E-state index in [0.717, 1.165) is 11.1 Å².